The second kappa shape index (κ2) is 11.5. The SMILES string of the molecule is C=C[C@@H]1C[C@]1(NC(=O)C1C[C@@H](Oc2cc(C(=O)OC)nc3c(C)c(OC)ccc23)CN1C(=O)OC(C)(C)C)C(=O)OC. The quantitative estimate of drug-likeness (QED) is 0.279. The second-order valence-electron chi connectivity index (χ2n) is 11.4. The first kappa shape index (κ1) is 30.6. The largest absolute Gasteiger partial charge is 0.496 e. The van der Waals surface area contributed by atoms with Gasteiger partial charge in [0.15, 0.2) is 5.69 Å². The predicted molar refractivity (Wildman–Crippen MR) is 151 cm³/mol. The maximum absolute atomic E-state index is 13.6. The third-order valence-electron chi connectivity index (χ3n) is 7.44. The van der Waals surface area contributed by atoms with Crippen LogP contribution >= 0.6 is 0 Å². The number of fused-ring (bicyclic) bond motifs is 1. The van der Waals surface area contributed by atoms with Crippen LogP contribution in [0, 0.1) is 12.8 Å². The summed E-state index contributed by atoms with van der Waals surface area (Å²) in [6, 6.07) is 3.99. The molecule has 2 fully saturated rings. The number of nitrogens with zero attached hydrogens (tertiary/aromatic N) is 2. The van der Waals surface area contributed by atoms with E-state index in [1.54, 1.807) is 39.0 Å². The predicted octanol–water partition coefficient (Wildman–Crippen LogP) is 3.33. The van der Waals surface area contributed by atoms with Crippen LogP contribution in [0.25, 0.3) is 10.9 Å². The summed E-state index contributed by atoms with van der Waals surface area (Å²) in [6.45, 7) is 10.7. The topological polar surface area (TPSA) is 143 Å². The first-order chi connectivity index (χ1) is 19.8. The maximum atomic E-state index is 13.6. The van der Waals surface area contributed by atoms with Crippen molar-refractivity contribution in [1.82, 2.24) is 15.2 Å². The number of aryl methyl sites for hydroxylation is 1. The van der Waals surface area contributed by atoms with Gasteiger partial charge in [0.2, 0.25) is 5.91 Å². The maximum Gasteiger partial charge on any atom is 0.411 e. The third kappa shape index (κ3) is 5.83. The number of ether oxygens (including phenoxy) is 5. The molecule has 2 heterocycles. The third-order valence-corrected chi connectivity index (χ3v) is 7.44. The van der Waals surface area contributed by atoms with E-state index in [0.717, 1.165) is 0 Å². The lowest BCUT2D eigenvalue weighted by Crippen LogP contribution is -2.53. The van der Waals surface area contributed by atoms with E-state index in [9.17, 15) is 19.2 Å². The smallest absolute Gasteiger partial charge is 0.411 e. The number of esters is 2. The van der Waals surface area contributed by atoms with Crippen LogP contribution in [0.15, 0.2) is 30.9 Å². The molecule has 1 aromatic carbocycles. The van der Waals surface area contributed by atoms with Crippen molar-refractivity contribution in [2.75, 3.05) is 27.9 Å². The minimum Gasteiger partial charge on any atom is -0.496 e. The minimum absolute atomic E-state index is 0.00955. The fourth-order valence-electron chi connectivity index (χ4n) is 5.23. The molecule has 4 atom stereocenters. The first-order valence-electron chi connectivity index (χ1n) is 13.5. The molecule has 1 aliphatic carbocycles. The van der Waals surface area contributed by atoms with Crippen molar-refractivity contribution in [1.29, 1.82) is 0 Å². The van der Waals surface area contributed by atoms with Gasteiger partial charge in [-0.15, -0.1) is 6.58 Å². The molecular weight excluding hydrogens is 546 g/mol. The molecule has 2 aromatic rings. The van der Waals surface area contributed by atoms with Gasteiger partial charge in [0.1, 0.15) is 34.8 Å². The lowest BCUT2D eigenvalue weighted by Gasteiger charge is -2.28. The van der Waals surface area contributed by atoms with Gasteiger partial charge >= 0.3 is 18.0 Å². The number of hydrogen-bond donors (Lipinski definition) is 1. The summed E-state index contributed by atoms with van der Waals surface area (Å²) in [5, 5.41) is 3.41. The van der Waals surface area contributed by atoms with Crippen LogP contribution in [0.4, 0.5) is 4.79 Å². The number of rotatable bonds is 8. The molecule has 0 bridgehead atoms. The monoisotopic (exact) mass is 583 g/mol. The van der Waals surface area contributed by atoms with E-state index >= 15 is 0 Å². The highest BCUT2D eigenvalue weighted by Crippen LogP contribution is 2.45. The van der Waals surface area contributed by atoms with Gasteiger partial charge < -0.3 is 29.0 Å². The van der Waals surface area contributed by atoms with Crippen LogP contribution < -0.4 is 14.8 Å². The number of benzene rings is 1. The molecule has 4 rings (SSSR count). The molecule has 1 N–H and O–H groups in total. The molecule has 1 saturated heterocycles. The summed E-state index contributed by atoms with van der Waals surface area (Å²) in [4.78, 5) is 57.7. The lowest BCUT2D eigenvalue weighted by molar-refractivity contribution is -0.147. The minimum atomic E-state index is -1.24. The second-order valence-corrected chi connectivity index (χ2v) is 11.4. The zero-order valence-electron chi connectivity index (χ0n) is 24.9. The molecule has 2 aliphatic rings. The van der Waals surface area contributed by atoms with E-state index in [1.165, 1.54) is 32.3 Å². The molecule has 1 aromatic heterocycles. The molecule has 1 saturated carbocycles. The van der Waals surface area contributed by atoms with Crippen LogP contribution in [-0.4, -0.2) is 85.0 Å². The fraction of sp³-hybridized carbons (Fsp3) is 0.500. The van der Waals surface area contributed by atoms with E-state index in [2.05, 4.69) is 16.9 Å². The standard InChI is InChI=1S/C30H37N3O9/c1-9-17-14-30(17,27(36)40-8)32-25(34)21-12-18(15-33(21)28(37)42-29(3,4)5)41-23-13-20(26(35)39-7)31-24-16(2)22(38-6)11-10-19(23)24/h9-11,13,17-18,21H,1,12,14-15H2,2-8H3,(H,32,34)/t17-,18-,21?,30-/m1/s1. The Balaban J connectivity index is 1.68. The summed E-state index contributed by atoms with van der Waals surface area (Å²) < 4.78 is 27.2. The van der Waals surface area contributed by atoms with Crippen molar-refractivity contribution in [2.45, 2.75) is 63.8 Å². The number of hydrogen-bond acceptors (Lipinski definition) is 10. The highest BCUT2D eigenvalue weighted by atomic mass is 16.6. The van der Waals surface area contributed by atoms with Gasteiger partial charge in [-0.25, -0.2) is 19.4 Å². The average Bonchev–Trinajstić information content (AvgIpc) is 3.49. The van der Waals surface area contributed by atoms with E-state index in [1.807, 2.05) is 6.92 Å². The Kier molecular flexibility index (Phi) is 8.38. The number of pyridine rings is 1. The van der Waals surface area contributed by atoms with Crippen molar-refractivity contribution in [2.24, 2.45) is 5.92 Å². The summed E-state index contributed by atoms with van der Waals surface area (Å²) in [6.07, 6.45) is 0.653. The van der Waals surface area contributed by atoms with Crippen molar-refractivity contribution in [3.05, 3.63) is 42.1 Å². The summed E-state index contributed by atoms with van der Waals surface area (Å²) >= 11 is 0. The van der Waals surface area contributed by atoms with Gasteiger partial charge in [-0.1, -0.05) is 6.08 Å². The van der Waals surface area contributed by atoms with Crippen molar-refractivity contribution >= 4 is 34.8 Å². The fourth-order valence-corrected chi connectivity index (χ4v) is 5.23. The molecule has 1 aliphatic heterocycles. The van der Waals surface area contributed by atoms with Gasteiger partial charge in [-0.3, -0.25) is 9.69 Å². The van der Waals surface area contributed by atoms with Crippen LogP contribution in [0.5, 0.6) is 11.5 Å². The van der Waals surface area contributed by atoms with Crippen molar-refractivity contribution < 1.29 is 42.9 Å². The van der Waals surface area contributed by atoms with Crippen molar-refractivity contribution in [3.63, 3.8) is 0 Å². The molecule has 0 spiro atoms. The Morgan fingerprint density at radius 3 is 2.40 bits per heavy atom. The molecular formula is C30H37N3O9. The highest BCUT2D eigenvalue weighted by molar-refractivity contribution is 5.96. The summed E-state index contributed by atoms with van der Waals surface area (Å²) in [7, 11) is 4.04. The average molecular weight is 584 g/mol. The molecule has 12 heteroatoms. The molecule has 0 radical (unpaired) electrons. The Hall–Kier alpha value is -4.35. The zero-order valence-corrected chi connectivity index (χ0v) is 24.9. The van der Waals surface area contributed by atoms with Gasteiger partial charge in [0.05, 0.1) is 33.4 Å². The Morgan fingerprint density at radius 1 is 1.12 bits per heavy atom. The van der Waals surface area contributed by atoms with E-state index < -0.39 is 47.2 Å². The van der Waals surface area contributed by atoms with E-state index in [4.69, 9.17) is 23.7 Å². The number of aromatic nitrogens is 1. The zero-order chi connectivity index (χ0) is 31.0. The summed E-state index contributed by atoms with van der Waals surface area (Å²) in [5.41, 5.74) is -0.856. The highest BCUT2D eigenvalue weighted by Gasteiger charge is 2.62. The van der Waals surface area contributed by atoms with Crippen LogP contribution in [0.2, 0.25) is 0 Å². The number of nitrogens with one attached hydrogen (secondary N) is 1. The van der Waals surface area contributed by atoms with E-state index in [0.29, 0.717) is 34.4 Å². The molecule has 2 amide bonds. The van der Waals surface area contributed by atoms with Gasteiger partial charge in [-0.2, -0.15) is 0 Å². The number of carbonyl (C=O) groups is 4. The molecule has 42 heavy (non-hydrogen) atoms. The van der Waals surface area contributed by atoms with Gasteiger partial charge in [0.25, 0.3) is 0 Å². The first-order valence-corrected chi connectivity index (χ1v) is 13.5. The lowest BCUT2D eigenvalue weighted by atomic mass is 10.1. The molecule has 1 unspecified atom stereocenters. The Labute approximate surface area is 244 Å². The van der Waals surface area contributed by atoms with Crippen LogP contribution in [0.3, 0.4) is 0 Å². The molecule has 226 valence electrons. The van der Waals surface area contributed by atoms with Crippen molar-refractivity contribution in [3.8, 4) is 11.5 Å². The summed E-state index contributed by atoms with van der Waals surface area (Å²) in [5.74, 6) is -1.18. The number of carbonyl (C=O) groups excluding carboxylic acids is 4. The number of likely N-dealkylation sites (tertiary alicyclic amines) is 1. The van der Waals surface area contributed by atoms with Gasteiger partial charge in [-0.05, 0) is 46.2 Å². The van der Waals surface area contributed by atoms with Crippen LogP contribution in [-0.2, 0) is 23.8 Å². The number of methoxy groups -OCH3 is 3. The molecule has 12 nitrogen and oxygen atoms in total. The van der Waals surface area contributed by atoms with Gasteiger partial charge in [0, 0.05) is 29.4 Å². The van der Waals surface area contributed by atoms with Crippen LogP contribution in [0.1, 0.15) is 49.7 Å². The normalized spacial score (nSPS) is 23.1. The van der Waals surface area contributed by atoms with E-state index in [-0.39, 0.29) is 24.6 Å². The Morgan fingerprint density at radius 2 is 1.83 bits per heavy atom. The number of amides is 2. The Bertz CT molecular complexity index is 1430.